The average Bonchev–Trinajstić information content (AvgIpc) is 3.01. The van der Waals surface area contributed by atoms with Crippen LogP contribution in [0.15, 0.2) is 72.8 Å². The first-order valence-corrected chi connectivity index (χ1v) is 8.58. The van der Waals surface area contributed by atoms with Crippen LogP contribution in [0.5, 0.6) is 0 Å². The van der Waals surface area contributed by atoms with Crippen LogP contribution in [0.3, 0.4) is 0 Å². The summed E-state index contributed by atoms with van der Waals surface area (Å²) >= 11 is 0. The molecule has 0 amide bonds. The third-order valence-electron chi connectivity index (χ3n) is 4.30. The first-order chi connectivity index (χ1) is 12.3. The molecule has 0 bridgehead atoms. The van der Waals surface area contributed by atoms with Gasteiger partial charge < -0.3 is 0 Å². The van der Waals surface area contributed by atoms with Gasteiger partial charge in [0.15, 0.2) is 0 Å². The van der Waals surface area contributed by atoms with Crippen molar-refractivity contribution in [3.05, 3.63) is 89.5 Å². The Bertz CT molecular complexity index is 900. The molecule has 0 nitrogen and oxygen atoms in total. The second kappa shape index (κ2) is 10.6. The van der Waals surface area contributed by atoms with Crippen molar-refractivity contribution in [1.29, 1.82) is 0 Å². The molecule has 0 heterocycles. The summed E-state index contributed by atoms with van der Waals surface area (Å²) in [5.74, 6) is 0. The Kier molecular flexibility index (Phi) is 9.12. The number of hydrogen-bond donors (Lipinski definition) is 0. The van der Waals surface area contributed by atoms with Gasteiger partial charge in [0.25, 0.3) is 0 Å². The minimum Gasteiger partial charge on any atom is -0.246 e. The largest absolute Gasteiger partial charge is 0.246 e. The van der Waals surface area contributed by atoms with E-state index in [4.69, 9.17) is 0 Å². The molecule has 0 saturated heterocycles. The van der Waals surface area contributed by atoms with Crippen molar-refractivity contribution in [2.45, 2.75) is 34.1 Å². The van der Waals surface area contributed by atoms with Gasteiger partial charge in [-0.2, -0.15) is 6.07 Å². The van der Waals surface area contributed by atoms with Crippen LogP contribution in [0.4, 0.5) is 8.78 Å². The summed E-state index contributed by atoms with van der Waals surface area (Å²) in [7, 11) is 0. The van der Waals surface area contributed by atoms with E-state index in [1.54, 1.807) is 18.2 Å². The standard InChI is InChI=1S/C18H15F2.C6H10.Zr/c1-12-5-15-3-2-4-17(18(15)6-12)16-8-13(10-19)7-14(9-16)11-20;1-5(2)6(3)4;/h2-9H,10-11H2,1H3;1,3H2,2,4H3;/q-1;;. The van der Waals surface area contributed by atoms with Gasteiger partial charge in [-0.05, 0) is 42.7 Å². The summed E-state index contributed by atoms with van der Waals surface area (Å²) in [4.78, 5) is 0. The van der Waals surface area contributed by atoms with Crippen molar-refractivity contribution in [1.82, 2.24) is 0 Å². The summed E-state index contributed by atoms with van der Waals surface area (Å²) in [5, 5.41) is 2.29. The molecule has 3 aromatic carbocycles. The number of benzene rings is 2. The van der Waals surface area contributed by atoms with Crippen molar-refractivity contribution in [3.63, 3.8) is 0 Å². The Labute approximate surface area is 180 Å². The molecule has 0 spiro atoms. The topological polar surface area (TPSA) is 0 Å². The van der Waals surface area contributed by atoms with Gasteiger partial charge in [0, 0.05) is 26.2 Å². The molecule has 0 fully saturated rings. The van der Waals surface area contributed by atoms with Crippen molar-refractivity contribution >= 4 is 10.8 Å². The molecule has 0 radical (unpaired) electrons. The summed E-state index contributed by atoms with van der Waals surface area (Å²) in [6, 6.07) is 15.5. The van der Waals surface area contributed by atoms with Crippen LogP contribution in [-0.4, -0.2) is 0 Å². The van der Waals surface area contributed by atoms with Gasteiger partial charge in [-0.3, -0.25) is 0 Å². The zero-order chi connectivity index (χ0) is 19.3. The number of aryl methyl sites for hydroxylation is 1. The number of halogens is 2. The summed E-state index contributed by atoms with van der Waals surface area (Å²) in [6.07, 6.45) is 0. The van der Waals surface area contributed by atoms with Crippen LogP contribution < -0.4 is 0 Å². The SMILES string of the molecule is C=C(C)C(=C)C.Cc1cc2c(-c3cc(CF)cc(CF)c3)cccc2[cH-]1.[Zr]. The van der Waals surface area contributed by atoms with E-state index >= 15 is 0 Å². The minimum absolute atomic E-state index is 0. The normalized spacial score (nSPS) is 9.96. The van der Waals surface area contributed by atoms with Gasteiger partial charge >= 0.3 is 0 Å². The van der Waals surface area contributed by atoms with Gasteiger partial charge in [-0.1, -0.05) is 48.9 Å². The van der Waals surface area contributed by atoms with E-state index in [9.17, 15) is 8.78 Å². The van der Waals surface area contributed by atoms with Crippen molar-refractivity contribution < 1.29 is 35.0 Å². The van der Waals surface area contributed by atoms with E-state index in [-0.39, 0.29) is 26.2 Å². The molecule has 0 aliphatic carbocycles. The number of hydrogen-bond acceptors (Lipinski definition) is 0. The van der Waals surface area contributed by atoms with Gasteiger partial charge in [0.2, 0.25) is 0 Å². The van der Waals surface area contributed by atoms with Crippen molar-refractivity contribution in [2.24, 2.45) is 0 Å². The molecular weight excluding hydrogens is 417 g/mol. The zero-order valence-corrected chi connectivity index (χ0v) is 18.7. The van der Waals surface area contributed by atoms with Crippen LogP contribution in [-0.2, 0) is 39.6 Å². The van der Waals surface area contributed by atoms with Crippen molar-refractivity contribution in [3.8, 4) is 11.1 Å². The summed E-state index contributed by atoms with van der Waals surface area (Å²) in [5.41, 5.74) is 6.28. The van der Waals surface area contributed by atoms with Crippen LogP contribution in [0.2, 0.25) is 0 Å². The third-order valence-corrected chi connectivity index (χ3v) is 4.30. The third kappa shape index (κ3) is 6.14. The molecule has 27 heavy (non-hydrogen) atoms. The van der Waals surface area contributed by atoms with E-state index < -0.39 is 13.3 Å². The molecule has 0 unspecified atom stereocenters. The van der Waals surface area contributed by atoms with E-state index in [1.807, 2.05) is 26.0 Å². The Morgan fingerprint density at radius 2 is 1.48 bits per heavy atom. The Balaban J connectivity index is 0.000000456. The fourth-order valence-electron chi connectivity index (χ4n) is 2.71. The number of fused-ring (bicyclic) bond motifs is 1. The zero-order valence-electron chi connectivity index (χ0n) is 16.2. The number of rotatable bonds is 4. The van der Waals surface area contributed by atoms with Gasteiger partial charge in [0.05, 0.1) is 0 Å². The maximum atomic E-state index is 12.9. The Hall–Kier alpha value is -1.73. The maximum Gasteiger partial charge on any atom is 0.115 e. The second-order valence-corrected chi connectivity index (χ2v) is 6.71. The summed E-state index contributed by atoms with van der Waals surface area (Å²) < 4.78 is 25.9. The molecule has 0 aliphatic rings. The van der Waals surface area contributed by atoms with Gasteiger partial charge in [0.1, 0.15) is 13.3 Å². The van der Waals surface area contributed by atoms with Gasteiger partial charge in [-0.25, -0.2) is 8.78 Å². The molecule has 140 valence electrons. The quantitative estimate of drug-likeness (QED) is 0.288. The minimum atomic E-state index is -0.573. The fourth-order valence-corrected chi connectivity index (χ4v) is 2.71. The molecule has 3 heteroatoms. The Morgan fingerprint density at radius 1 is 0.926 bits per heavy atom. The summed E-state index contributed by atoms with van der Waals surface area (Å²) in [6.45, 7) is 12.1. The smallest absolute Gasteiger partial charge is 0.115 e. The van der Waals surface area contributed by atoms with Crippen LogP contribution in [0.1, 0.15) is 30.5 Å². The van der Waals surface area contributed by atoms with E-state index in [1.165, 1.54) is 5.56 Å². The molecule has 3 aromatic rings. The first-order valence-electron chi connectivity index (χ1n) is 8.58. The van der Waals surface area contributed by atoms with E-state index in [0.29, 0.717) is 11.1 Å². The predicted octanol–water partition coefficient (Wildman–Crippen LogP) is 7.61. The van der Waals surface area contributed by atoms with Crippen LogP contribution >= 0.6 is 0 Å². The van der Waals surface area contributed by atoms with Gasteiger partial charge in [-0.15, -0.1) is 34.5 Å². The number of alkyl halides is 2. The molecule has 0 aromatic heterocycles. The average molecular weight is 443 g/mol. The number of allylic oxidation sites excluding steroid dienone is 2. The maximum absolute atomic E-state index is 12.9. The monoisotopic (exact) mass is 441 g/mol. The van der Waals surface area contributed by atoms with Crippen molar-refractivity contribution in [2.75, 3.05) is 0 Å². The molecule has 3 rings (SSSR count). The predicted molar refractivity (Wildman–Crippen MR) is 109 cm³/mol. The van der Waals surface area contributed by atoms with Crippen LogP contribution in [0.25, 0.3) is 21.9 Å². The van der Waals surface area contributed by atoms with E-state index in [2.05, 4.69) is 38.3 Å². The molecular formula is C24H25F2Zr-. The molecule has 0 atom stereocenters. The second-order valence-electron chi connectivity index (χ2n) is 6.71. The first kappa shape index (κ1) is 23.3. The molecule has 0 saturated carbocycles. The fraction of sp³-hybridized carbons (Fsp3) is 0.208. The molecule has 0 N–H and O–H groups in total. The van der Waals surface area contributed by atoms with E-state index in [0.717, 1.165) is 33.0 Å². The molecule has 0 aliphatic heterocycles. The van der Waals surface area contributed by atoms with Crippen LogP contribution in [0, 0.1) is 6.92 Å². The Morgan fingerprint density at radius 3 is 1.96 bits per heavy atom.